The van der Waals surface area contributed by atoms with E-state index in [9.17, 15) is 14.4 Å². The molecule has 9 heteroatoms. The van der Waals surface area contributed by atoms with Gasteiger partial charge in [-0.25, -0.2) is 4.79 Å². The van der Waals surface area contributed by atoms with Crippen LogP contribution in [0.15, 0.2) is 71.8 Å². The largest absolute Gasteiger partial charge is 0.422 e. The van der Waals surface area contributed by atoms with Gasteiger partial charge in [0.25, 0.3) is 0 Å². The second-order valence-electron chi connectivity index (χ2n) is 8.60. The van der Waals surface area contributed by atoms with E-state index in [2.05, 4.69) is 10.4 Å². The zero-order valence-corrected chi connectivity index (χ0v) is 20.8. The number of esters is 1. The Labute approximate surface area is 212 Å². The topological polar surface area (TPSA) is 111 Å². The highest BCUT2D eigenvalue weighted by atomic mass is 35.5. The van der Waals surface area contributed by atoms with Gasteiger partial charge in [0, 0.05) is 27.3 Å². The van der Waals surface area contributed by atoms with Crippen molar-refractivity contribution >= 4 is 52.3 Å². The number of ether oxygens (including phenoxy) is 1. The highest BCUT2D eigenvalue weighted by Crippen LogP contribution is 2.26. The molecule has 3 rings (SSSR count). The van der Waals surface area contributed by atoms with Crippen LogP contribution in [-0.4, -0.2) is 23.4 Å². The van der Waals surface area contributed by atoms with Gasteiger partial charge < -0.3 is 15.9 Å². The van der Waals surface area contributed by atoms with Crippen LogP contribution in [0.4, 0.5) is 5.69 Å². The summed E-state index contributed by atoms with van der Waals surface area (Å²) in [6.45, 7) is 5.40. The Kier molecular flexibility index (Phi) is 7.94. The highest BCUT2D eigenvalue weighted by Gasteiger charge is 2.24. The lowest BCUT2D eigenvalue weighted by Crippen LogP contribution is -2.27. The van der Waals surface area contributed by atoms with Crippen molar-refractivity contribution in [3.05, 3.63) is 93.5 Å². The summed E-state index contributed by atoms with van der Waals surface area (Å²) in [4.78, 5) is 38.1. The van der Waals surface area contributed by atoms with Crippen LogP contribution in [-0.2, 0) is 4.79 Å². The molecule has 35 heavy (non-hydrogen) atoms. The number of carbonyl (C=O) groups excluding carboxylic acids is 3. The fourth-order valence-electron chi connectivity index (χ4n) is 2.97. The molecule has 0 saturated carbocycles. The molecule has 0 spiro atoms. The first-order valence-electron chi connectivity index (χ1n) is 10.5. The minimum absolute atomic E-state index is 0.0788. The molecule has 0 aliphatic carbocycles. The molecule has 3 aromatic rings. The van der Waals surface area contributed by atoms with E-state index in [1.807, 2.05) is 0 Å². The summed E-state index contributed by atoms with van der Waals surface area (Å²) in [7, 11) is 0. The van der Waals surface area contributed by atoms with Crippen LogP contribution in [0.5, 0.6) is 5.75 Å². The number of hydrogen-bond donors (Lipinski definition) is 2. The minimum atomic E-state index is -0.734. The van der Waals surface area contributed by atoms with Crippen molar-refractivity contribution in [1.29, 1.82) is 0 Å². The maximum Gasteiger partial charge on any atom is 0.345 e. The quantitative estimate of drug-likeness (QED) is 0.109. The summed E-state index contributed by atoms with van der Waals surface area (Å²) in [5, 5.41) is 6.97. The summed E-state index contributed by atoms with van der Waals surface area (Å²) >= 11 is 12.0. The number of amides is 1. The Balaban J connectivity index is 1.85. The molecule has 7 nitrogen and oxygen atoms in total. The van der Waals surface area contributed by atoms with Crippen molar-refractivity contribution < 1.29 is 19.1 Å². The number of nitrogens with two attached hydrogens (primary N) is 1. The molecule has 0 fully saturated rings. The van der Waals surface area contributed by atoms with Gasteiger partial charge in [0.2, 0.25) is 11.7 Å². The molecule has 0 heterocycles. The third-order valence-electron chi connectivity index (χ3n) is 4.93. The van der Waals surface area contributed by atoms with Gasteiger partial charge in [-0.05, 0) is 54.6 Å². The first-order chi connectivity index (χ1) is 16.5. The number of nitrogens with zero attached hydrogens (tertiary/aromatic N) is 1. The first kappa shape index (κ1) is 25.9. The molecule has 180 valence electrons. The third-order valence-corrected chi connectivity index (χ3v) is 5.47. The van der Waals surface area contributed by atoms with E-state index >= 15 is 0 Å². The van der Waals surface area contributed by atoms with Crippen LogP contribution in [0, 0.1) is 5.41 Å². The Morgan fingerprint density at radius 3 is 2.17 bits per heavy atom. The number of ketones is 1. The summed E-state index contributed by atoms with van der Waals surface area (Å²) in [6, 6.07) is 17.1. The van der Waals surface area contributed by atoms with Crippen molar-refractivity contribution in [2.75, 3.05) is 5.32 Å². The molecule has 3 N–H and O–H groups in total. The zero-order valence-electron chi connectivity index (χ0n) is 19.3. The molecule has 1 amide bonds. The van der Waals surface area contributed by atoms with Crippen LogP contribution >= 0.6 is 23.2 Å². The van der Waals surface area contributed by atoms with Crippen molar-refractivity contribution in [2.45, 2.75) is 20.8 Å². The monoisotopic (exact) mass is 511 g/mol. The van der Waals surface area contributed by atoms with Crippen molar-refractivity contribution in [1.82, 2.24) is 0 Å². The molecule has 3 aromatic carbocycles. The van der Waals surface area contributed by atoms with Gasteiger partial charge in [0.15, 0.2) is 0 Å². The first-order valence-corrected chi connectivity index (χ1v) is 11.3. The standard InChI is InChI=1S/C26H23Cl2N3O4/c1-26(2,3)25(34)30-17-11-8-15(9-12-17)23(32)22(31-29)19-6-4-5-7-21(19)35-24(33)18-13-10-16(27)14-20(18)28/h4-14H,29H2,1-3H3,(H,30,34)/b31-22+. The van der Waals surface area contributed by atoms with Crippen LogP contribution in [0.3, 0.4) is 0 Å². The third kappa shape index (κ3) is 6.26. The number of carbonyl (C=O) groups is 3. The predicted octanol–water partition coefficient (Wildman–Crippen LogP) is 5.74. The minimum Gasteiger partial charge on any atom is -0.422 e. The number of para-hydroxylation sites is 1. The van der Waals surface area contributed by atoms with E-state index in [0.29, 0.717) is 10.7 Å². The molecule has 0 unspecified atom stereocenters. The molecule has 0 bridgehead atoms. The lowest BCUT2D eigenvalue weighted by molar-refractivity contribution is -0.123. The number of rotatable bonds is 6. The van der Waals surface area contributed by atoms with Crippen molar-refractivity contribution in [2.24, 2.45) is 16.4 Å². The second-order valence-corrected chi connectivity index (χ2v) is 9.44. The number of nitrogens with one attached hydrogen (secondary N) is 1. The fraction of sp³-hybridized carbons (Fsp3) is 0.154. The lowest BCUT2D eigenvalue weighted by Gasteiger charge is -2.17. The molecule has 0 atom stereocenters. The Morgan fingerprint density at radius 2 is 1.57 bits per heavy atom. The maximum atomic E-state index is 13.2. The van der Waals surface area contributed by atoms with E-state index in [4.69, 9.17) is 33.8 Å². The average Bonchev–Trinajstić information content (AvgIpc) is 2.80. The van der Waals surface area contributed by atoms with E-state index < -0.39 is 17.2 Å². The fourth-order valence-corrected chi connectivity index (χ4v) is 3.46. The molecule has 0 aliphatic heterocycles. The van der Waals surface area contributed by atoms with E-state index in [1.165, 1.54) is 24.3 Å². The van der Waals surface area contributed by atoms with Gasteiger partial charge in [-0.15, -0.1) is 0 Å². The summed E-state index contributed by atoms with van der Waals surface area (Å²) in [5.74, 6) is 4.27. The van der Waals surface area contributed by atoms with Crippen LogP contribution in [0.25, 0.3) is 0 Å². The van der Waals surface area contributed by atoms with Gasteiger partial charge in [0.1, 0.15) is 11.5 Å². The summed E-state index contributed by atoms with van der Waals surface area (Å²) < 4.78 is 5.51. The van der Waals surface area contributed by atoms with Crippen LogP contribution < -0.4 is 15.9 Å². The van der Waals surface area contributed by atoms with Crippen molar-refractivity contribution in [3.63, 3.8) is 0 Å². The predicted molar refractivity (Wildman–Crippen MR) is 137 cm³/mol. The molecular weight excluding hydrogens is 489 g/mol. The number of anilines is 1. The molecular formula is C26H23Cl2N3O4. The lowest BCUT2D eigenvalue weighted by atomic mass is 9.95. The van der Waals surface area contributed by atoms with Gasteiger partial charge in [-0.3, -0.25) is 9.59 Å². The molecule has 0 aromatic heterocycles. The molecule has 0 saturated heterocycles. The maximum absolute atomic E-state index is 13.2. The van der Waals surface area contributed by atoms with Crippen LogP contribution in [0.1, 0.15) is 47.1 Å². The second kappa shape index (κ2) is 10.7. The van der Waals surface area contributed by atoms with E-state index in [1.54, 1.807) is 63.2 Å². The SMILES string of the molecule is CC(C)(C)C(=O)Nc1ccc(C(=O)/C(=N/N)c2ccccc2OC(=O)c2ccc(Cl)cc2Cl)cc1. The number of hydrogen-bond acceptors (Lipinski definition) is 6. The highest BCUT2D eigenvalue weighted by molar-refractivity contribution is 6.52. The average molecular weight is 512 g/mol. The number of hydrazone groups is 1. The zero-order chi connectivity index (χ0) is 25.8. The number of halogens is 2. The molecule has 0 radical (unpaired) electrons. The summed E-state index contributed by atoms with van der Waals surface area (Å²) in [5.41, 5.74) is 0.485. The van der Waals surface area contributed by atoms with Gasteiger partial charge in [-0.1, -0.05) is 56.1 Å². The van der Waals surface area contributed by atoms with Crippen molar-refractivity contribution in [3.8, 4) is 5.75 Å². The van der Waals surface area contributed by atoms with Gasteiger partial charge >= 0.3 is 5.97 Å². The Hall–Kier alpha value is -3.68. The smallest absolute Gasteiger partial charge is 0.345 e. The number of benzene rings is 3. The normalized spacial score (nSPS) is 11.6. The molecule has 0 aliphatic rings. The summed E-state index contributed by atoms with van der Waals surface area (Å²) in [6.07, 6.45) is 0. The number of Topliss-reactive ketones (excluding diaryl/α,β-unsaturated/α-hetero) is 1. The Morgan fingerprint density at radius 1 is 0.914 bits per heavy atom. The van der Waals surface area contributed by atoms with E-state index in [0.717, 1.165) is 0 Å². The van der Waals surface area contributed by atoms with Crippen LogP contribution in [0.2, 0.25) is 10.0 Å². The van der Waals surface area contributed by atoms with Gasteiger partial charge in [0.05, 0.1) is 10.6 Å². The van der Waals surface area contributed by atoms with Gasteiger partial charge in [-0.2, -0.15) is 5.10 Å². The Bertz CT molecular complexity index is 1310. The van der Waals surface area contributed by atoms with E-state index in [-0.39, 0.29) is 39.1 Å².